The van der Waals surface area contributed by atoms with Crippen LogP contribution in [0.15, 0.2) is 6.20 Å². The van der Waals surface area contributed by atoms with Crippen LogP contribution >= 0.6 is 11.3 Å². The van der Waals surface area contributed by atoms with Gasteiger partial charge in [-0.05, 0) is 6.42 Å². The molecular formula is C11H20N2OS. The van der Waals surface area contributed by atoms with E-state index in [0.29, 0.717) is 0 Å². The van der Waals surface area contributed by atoms with E-state index in [1.165, 1.54) is 10.0 Å². The van der Waals surface area contributed by atoms with Crippen LogP contribution in [0.1, 0.15) is 25.8 Å². The molecule has 0 aromatic carbocycles. The number of aryl methyl sites for hydroxylation is 1. The van der Waals surface area contributed by atoms with Gasteiger partial charge in [0.15, 0.2) is 0 Å². The minimum absolute atomic E-state index is 0.847. The van der Waals surface area contributed by atoms with Gasteiger partial charge in [-0.3, -0.25) is 0 Å². The summed E-state index contributed by atoms with van der Waals surface area (Å²) in [5.74, 6) is 0. The Bertz CT molecular complexity index is 269. The Morgan fingerprint density at radius 1 is 1.40 bits per heavy atom. The van der Waals surface area contributed by atoms with Crippen molar-refractivity contribution in [2.75, 3.05) is 31.2 Å². The molecule has 0 N–H and O–H groups in total. The predicted molar refractivity (Wildman–Crippen MR) is 65.9 cm³/mol. The van der Waals surface area contributed by atoms with Crippen LogP contribution in [-0.4, -0.2) is 31.3 Å². The third-order valence-electron chi connectivity index (χ3n) is 2.17. The first-order valence-electron chi connectivity index (χ1n) is 5.67. The molecule has 4 heteroatoms. The molecule has 2 rings (SSSR count). The molecule has 0 unspecified atom stereocenters. The van der Waals surface area contributed by atoms with E-state index in [4.69, 9.17) is 4.74 Å². The Morgan fingerprint density at radius 3 is 2.60 bits per heavy atom. The summed E-state index contributed by atoms with van der Waals surface area (Å²) in [6.07, 6.45) is 3.02. The molecule has 1 aliphatic heterocycles. The third kappa shape index (κ3) is 3.47. The molecule has 1 aliphatic rings. The Balaban J connectivity index is 0.000000531. The highest BCUT2D eigenvalue weighted by atomic mass is 32.1. The molecule has 3 nitrogen and oxygen atoms in total. The highest BCUT2D eigenvalue weighted by Crippen LogP contribution is 2.24. The first-order chi connectivity index (χ1) is 7.40. The van der Waals surface area contributed by atoms with Crippen LogP contribution in [0.25, 0.3) is 0 Å². The molecule has 1 aromatic rings. The van der Waals surface area contributed by atoms with Crippen LogP contribution in [0.3, 0.4) is 0 Å². The number of anilines is 1. The van der Waals surface area contributed by atoms with Gasteiger partial charge in [0.2, 0.25) is 0 Å². The number of thiazole rings is 1. The molecule has 86 valence electrons. The summed E-state index contributed by atoms with van der Waals surface area (Å²) in [5, 5.41) is 2.52. The van der Waals surface area contributed by atoms with E-state index >= 15 is 0 Å². The lowest BCUT2D eigenvalue weighted by Gasteiger charge is -2.26. The molecule has 0 aliphatic carbocycles. The van der Waals surface area contributed by atoms with Crippen LogP contribution in [-0.2, 0) is 11.2 Å². The fourth-order valence-corrected chi connectivity index (χ4v) is 2.30. The highest BCUT2D eigenvalue weighted by molar-refractivity contribution is 7.15. The number of morpholine rings is 1. The molecule has 1 fully saturated rings. The Kier molecular flexibility index (Phi) is 5.65. The smallest absolute Gasteiger partial charge is 0.111 e. The summed E-state index contributed by atoms with van der Waals surface area (Å²) < 4.78 is 5.30. The molecule has 15 heavy (non-hydrogen) atoms. The first-order valence-corrected chi connectivity index (χ1v) is 6.49. The van der Waals surface area contributed by atoms with Gasteiger partial charge in [-0.2, -0.15) is 0 Å². The van der Waals surface area contributed by atoms with Crippen LogP contribution in [0, 0.1) is 0 Å². The Morgan fingerprint density at radius 2 is 2.07 bits per heavy atom. The molecule has 0 bridgehead atoms. The van der Waals surface area contributed by atoms with Crippen molar-refractivity contribution in [3.05, 3.63) is 11.2 Å². The van der Waals surface area contributed by atoms with Gasteiger partial charge in [0.1, 0.15) is 5.00 Å². The lowest BCUT2D eigenvalue weighted by atomic mass is 10.4. The highest BCUT2D eigenvalue weighted by Gasteiger charge is 2.13. The zero-order chi connectivity index (χ0) is 11.1. The van der Waals surface area contributed by atoms with Gasteiger partial charge < -0.3 is 9.64 Å². The van der Waals surface area contributed by atoms with Crippen LogP contribution in [0.2, 0.25) is 0 Å². The Labute approximate surface area is 96.1 Å². The van der Waals surface area contributed by atoms with Crippen molar-refractivity contribution in [3.63, 3.8) is 0 Å². The van der Waals surface area contributed by atoms with Crippen LogP contribution in [0.5, 0.6) is 0 Å². The van der Waals surface area contributed by atoms with E-state index < -0.39 is 0 Å². The van der Waals surface area contributed by atoms with E-state index in [2.05, 4.69) is 16.8 Å². The number of rotatable bonds is 2. The summed E-state index contributed by atoms with van der Waals surface area (Å²) in [7, 11) is 0. The maximum atomic E-state index is 5.30. The molecule has 0 saturated carbocycles. The fourth-order valence-electron chi connectivity index (χ4n) is 1.39. The second-order valence-electron chi connectivity index (χ2n) is 3.05. The Hall–Kier alpha value is -0.610. The summed E-state index contributed by atoms with van der Waals surface area (Å²) in [6, 6.07) is 0. The lowest BCUT2D eigenvalue weighted by molar-refractivity contribution is 0.123. The molecule has 2 heterocycles. The second-order valence-corrected chi connectivity index (χ2v) is 4.14. The monoisotopic (exact) mass is 228 g/mol. The fraction of sp³-hybridized carbons (Fsp3) is 0.727. The van der Waals surface area contributed by atoms with E-state index in [1.807, 2.05) is 20.0 Å². The summed E-state index contributed by atoms with van der Waals surface area (Å²) in [6.45, 7) is 9.84. The minimum Gasteiger partial charge on any atom is -0.378 e. The molecule has 0 spiro atoms. The molecule has 1 saturated heterocycles. The topological polar surface area (TPSA) is 25.4 Å². The molecular weight excluding hydrogens is 208 g/mol. The summed E-state index contributed by atoms with van der Waals surface area (Å²) in [5.41, 5.74) is 0. The van der Waals surface area contributed by atoms with Gasteiger partial charge in [0.25, 0.3) is 0 Å². The minimum atomic E-state index is 0.847. The van der Waals surface area contributed by atoms with Crippen LogP contribution in [0.4, 0.5) is 5.00 Å². The van der Waals surface area contributed by atoms with Gasteiger partial charge >= 0.3 is 0 Å². The number of hydrogen-bond acceptors (Lipinski definition) is 4. The quantitative estimate of drug-likeness (QED) is 0.778. The van der Waals surface area contributed by atoms with Crippen molar-refractivity contribution < 1.29 is 4.74 Å². The van der Waals surface area contributed by atoms with E-state index in [0.717, 1.165) is 32.7 Å². The maximum Gasteiger partial charge on any atom is 0.111 e. The van der Waals surface area contributed by atoms with E-state index in [1.54, 1.807) is 11.3 Å². The van der Waals surface area contributed by atoms with Crippen molar-refractivity contribution >= 4 is 16.3 Å². The summed E-state index contributed by atoms with van der Waals surface area (Å²) in [4.78, 5) is 6.69. The molecule has 1 aromatic heterocycles. The van der Waals surface area contributed by atoms with Gasteiger partial charge in [-0.15, -0.1) is 11.3 Å². The zero-order valence-electron chi connectivity index (χ0n) is 9.82. The van der Waals surface area contributed by atoms with Crippen molar-refractivity contribution in [1.82, 2.24) is 4.98 Å². The average molecular weight is 228 g/mol. The first kappa shape index (κ1) is 12.5. The number of nitrogens with zero attached hydrogens (tertiary/aromatic N) is 2. The second kappa shape index (κ2) is 6.80. The van der Waals surface area contributed by atoms with Gasteiger partial charge in [-0.1, -0.05) is 20.8 Å². The van der Waals surface area contributed by atoms with Gasteiger partial charge in [0.05, 0.1) is 24.4 Å². The SMILES string of the molecule is CC.CCc1ncc(N2CCOCC2)s1. The number of hydrogen-bond donors (Lipinski definition) is 0. The lowest BCUT2D eigenvalue weighted by Crippen LogP contribution is -2.35. The van der Waals surface area contributed by atoms with Gasteiger partial charge in [0, 0.05) is 13.1 Å². The molecule has 0 amide bonds. The molecule has 0 atom stereocenters. The van der Waals surface area contributed by atoms with Crippen molar-refractivity contribution in [2.24, 2.45) is 0 Å². The largest absolute Gasteiger partial charge is 0.378 e. The van der Waals surface area contributed by atoms with Crippen molar-refractivity contribution in [2.45, 2.75) is 27.2 Å². The van der Waals surface area contributed by atoms with E-state index in [9.17, 15) is 0 Å². The number of ether oxygens (including phenoxy) is 1. The normalized spacial score (nSPS) is 15.8. The van der Waals surface area contributed by atoms with Gasteiger partial charge in [-0.25, -0.2) is 4.98 Å². The standard InChI is InChI=1S/C9H14N2OS.C2H6/c1-2-8-10-7-9(13-8)11-3-5-12-6-4-11;1-2/h7H,2-6H2,1H3;1-2H3. The van der Waals surface area contributed by atoms with Crippen LogP contribution < -0.4 is 4.90 Å². The summed E-state index contributed by atoms with van der Waals surface area (Å²) >= 11 is 1.80. The average Bonchev–Trinajstić information content (AvgIpc) is 2.81. The predicted octanol–water partition coefficient (Wildman–Crippen LogP) is 2.57. The third-order valence-corrected chi connectivity index (χ3v) is 3.37. The number of aromatic nitrogens is 1. The van der Waals surface area contributed by atoms with Crippen molar-refractivity contribution in [3.8, 4) is 0 Å². The molecule has 0 radical (unpaired) electrons. The zero-order valence-corrected chi connectivity index (χ0v) is 10.6. The van der Waals surface area contributed by atoms with E-state index in [-0.39, 0.29) is 0 Å². The van der Waals surface area contributed by atoms with Crippen molar-refractivity contribution in [1.29, 1.82) is 0 Å². The maximum absolute atomic E-state index is 5.30.